The van der Waals surface area contributed by atoms with Crippen LogP contribution in [-0.2, 0) is 16.9 Å². The molecular weight excluding hydrogens is 467 g/mol. The van der Waals surface area contributed by atoms with Gasteiger partial charge in [-0.05, 0) is 70.0 Å². The predicted octanol–water partition coefficient (Wildman–Crippen LogP) is 5.91. The number of hydrogen-bond acceptors (Lipinski definition) is 6. The number of aryl methyl sites for hydroxylation is 2. The normalized spacial score (nSPS) is 14.3. The molecule has 6 nitrogen and oxygen atoms in total. The van der Waals surface area contributed by atoms with Crippen molar-refractivity contribution in [1.82, 2.24) is 15.0 Å². The Labute approximate surface area is 209 Å². The molecule has 0 saturated carbocycles. The highest BCUT2D eigenvalue weighted by Crippen LogP contribution is 2.34. The van der Waals surface area contributed by atoms with Crippen LogP contribution in [0.2, 0.25) is 0 Å². The molecule has 0 unspecified atom stereocenters. The number of allylic oxidation sites excluding steroid dienone is 2. The lowest BCUT2D eigenvalue weighted by Crippen LogP contribution is -2.27. The molecule has 0 bridgehead atoms. The zero-order valence-electron chi connectivity index (χ0n) is 20.4. The largest absolute Gasteiger partial charge is 0.486 e. The Kier molecular flexibility index (Phi) is 6.92. The van der Waals surface area contributed by atoms with E-state index in [-0.39, 0.29) is 6.61 Å². The number of ether oxygens (including phenoxy) is 1. The summed E-state index contributed by atoms with van der Waals surface area (Å²) in [5.74, 6) is -0.0108. The third-order valence-corrected chi connectivity index (χ3v) is 6.12. The molecule has 1 aliphatic rings. The summed E-state index contributed by atoms with van der Waals surface area (Å²) in [6.45, 7) is 9.90. The summed E-state index contributed by atoms with van der Waals surface area (Å²) >= 11 is 6.61. The van der Waals surface area contributed by atoms with Crippen LogP contribution in [0, 0.1) is 19.8 Å². The van der Waals surface area contributed by atoms with Crippen LogP contribution < -0.4 is 4.90 Å². The highest BCUT2D eigenvalue weighted by atomic mass is 35.5. The molecule has 0 radical (unpaired) electrons. The Balaban J connectivity index is 1.61. The molecule has 4 heterocycles. The molecule has 0 amide bonds. The lowest BCUT2D eigenvalue weighted by molar-refractivity contribution is 0.0739. The molecular formula is C27H28ClFN4O2. The molecule has 3 aromatic rings. The highest BCUT2D eigenvalue weighted by molar-refractivity contribution is 6.30. The van der Waals surface area contributed by atoms with Crippen LogP contribution in [0.4, 0.5) is 10.1 Å². The van der Waals surface area contributed by atoms with Gasteiger partial charge in [-0.2, -0.15) is 4.39 Å². The number of halogens is 2. The van der Waals surface area contributed by atoms with Crippen molar-refractivity contribution < 1.29 is 14.2 Å². The number of aromatic nitrogens is 3. The third kappa shape index (κ3) is 5.52. The Morgan fingerprint density at radius 3 is 2.60 bits per heavy atom. The standard InChI is InChI=1S/C27H28ClFN4O2/c1-16-9-10-24(27(4,5)34)32-26(16)21-12-22(17(2)13-30-21)33-14-20(28)23(11-18(33)3)35-15-19-7-6-8-25(29)31-19/h6-13,34H,14-15H2,1-5H3. The van der Waals surface area contributed by atoms with Gasteiger partial charge in [-0.15, -0.1) is 0 Å². The summed E-state index contributed by atoms with van der Waals surface area (Å²) in [5.41, 5.74) is 5.27. The molecule has 0 aromatic carbocycles. The first-order valence-electron chi connectivity index (χ1n) is 11.3. The van der Waals surface area contributed by atoms with Crippen molar-refractivity contribution in [2.24, 2.45) is 0 Å². The average Bonchev–Trinajstić information content (AvgIpc) is 2.79. The number of hydrogen-bond donors (Lipinski definition) is 1. The molecule has 0 spiro atoms. The van der Waals surface area contributed by atoms with Gasteiger partial charge in [0, 0.05) is 23.7 Å². The highest BCUT2D eigenvalue weighted by Gasteiger charge is 2.23. The van der Waals surface area contributed by atoms with Gasteiger partial charge in [-0.3, -0.25) is 4.98 Å². The van der Waals surface area contributed by atoms with Crippen molar-refractivity contribution in [1.29, 1.82) is 0 Å². The first-order valence-corrected chi connectivity index (χ1v) is 11.7. The van der Waals surface area contributed by atoms with E-state index in [1.165, 1.54) is 6.07 Å². The summed E-state index contributed by atoms with van der Waals surface area (Å²) < 4.78 is 19.2. The van der Waals surface area contributed by atoms with Crippen LogP contribution >= 0.6 is 11.6 Å². The van der Waals surface area contributed by atoms with Crippen molar-refractivity contribution in [3.63, 3.8) is 0 Å². The quantitative estimate of drug-likeness (QED) is 0.429. The molecule has 0 atom stereocenters. The number of anilines is 1. The van der Waals surface area contributed by atoms with Gasteiger partial charge in [0.05, 0.1) is 34.4 Å². The fourth-order valence-electron chi connectivity index (χ4n) is 3.83. The Morgan fingerprint density at radius 1 is 1.11 bits per heavy atom. The smallest absolute Gasteiger partial charge is 0.213 e. The van der Waals surface area contributed by atoms with E-state index in [2.05, 4.69) is 14.9 Å². The van der Waals surface area contributed by atoms with Crippen molar-refractivity contribution in [2.45, 2.75) is 46.8 Å². The van der Waals surface area contributed by atoms with Crippen LogP contribution in [0.3, 0.4) is 0 Å². The zero-order valence-corrected chi connectivity index (χ0v) is 21.2. The Bertz CT molecular complexity index is 1330. The molecule has 35 heavy (non-hydrogen) atoms. The molecule has 182 valence electrons. The van der Waals surface area contributed by atoms with Crippen molar-refractivity contribution in [3.8, 4) is 11.4 Å². The van der Waals surface area contributed by atoms with Crippen LogP contribution in [-0.4, -0.2) is 26.6 Å². The van der Waals surface area contributed by atoms with Crippen LogP contribution in [0.1, 0.15) is 43.3 Å². The average molecular weight is 495 g/mol. The number of aliphatic hydroxyl groups is 1. The second kappa shape index (κ2) is 9.76. The molecule has 0 saturated heterocycles. The van der Waals surface area contributed by atoms with Gasteiger partial charge >= 0.3 is 0 Å². The van der Waals surface area contributed by atoms with E-state index in [0.717, 1.165) is 28.2 Å². The molecule has 0 fully saturated rings. The third-order valence-electron chi connectivity index (χ3n) is 5.81. The summed E-state index contributed by atoms with van der Waals surface area (Å²) in [4.78, 5) is 15.2. The Morgan fingerprint density at radius 2 is 1.89 bits per heavy atom. The zero-order chi connectivity index (χ0) is 25.3. The van der Waals surface area contributed by atoms with E-state index < -0.39 is 11.5 Å². The topological polar surface area (TPSA) is 71.4 Å². The second-order valence-corrected chi connectivity index (χ2v) is 9.61. The van der Waals surface area contributed by atoms with E-state index in [4.69, 9.17) is 21.3 Å². The maximum absolute atomic E-state index is 13.4. The number of pyridine rings is 3. The first kappa shape index (κ1) is 24.8. The number of rotatable bonds is 6. The van der Waals surface area contributed by atoms with E-state index in [1.54, 1.807) is 26.0 Å². The summed E-state index contributed by atoms with van der Waals surface area (Å²) in [5, 5.41) is 11.0. The van der Waals surface area contributed by atoms with Gasteiger partial charge in [0.15, 0.2) is 0 Å². The van der Waals surface area contributed by atoms with Crippen LogP contribution in [0.5, 0.6) is 0 Å². The summed E-state index contributed by atoms with van der Waals surface area (Å²) in [6.07, 6.45) is 3.68. The van der Waals surface area contributed by atoms with E-state index in [1.807, 2.05) is 51.2 Å². The summed E-state index contributed by atoms with van der Waals surface area (Å²) in [6, 6.07) is 10.4. The minimum Gasteiger partial charge on any atom is -0.486 e. The lowest BCUT2D eigenvalue weighted by atomic mass is 10.0. The Hall–Kier alpha value is -3.29. The number of nitrogens with zero attached hydrogens (tertiary/aromatic N) is 4. The predicted molar refractivity (Wildman–Crippen MR) is 135 cm³/mol. The SMILES string of the molecule is CC1=CC(OCc2cccc(F)n2)=C(Cl)CN1c1cc(-c2nc(C(C)(C)O)ccc2C)ncc1C. The molecule has 1 N–H and O–H groups in total. The van der Waals surface area contributed by atoms with Crippen molar-refractivity contribution in [2.75, 3.05) is 11.4 Å². The summed E-state index contributed by atoms with van der Waals surface area (Å²) in [7, 11) is 0. The lowest BCUT2D eigenvalue weighted by Gasteiger charge is -2.31. The fraction of sp³-hybridized carbons (Fsp3) is 0.296. The van der Waals surface area contributed by atoms with Gasteiger partial charge in [0.25, 0.3) is 0 Å². The maximum atomic E-state index is 13.4. The van der Waals surface area contributed by atoms with Gasteiger partial charge in [0.1, 0.15) is 18.0 Å². The maximum Gasteiger partial charge on any atom is 0.213 e. The minimum atomic E-state index is -1.06. The van der Waals surface area contributed by atoms with E-state index in [0.29, 0.717) is 34.4 Å². The second-order valence-electron chi connectivity index (χ2n) is 9.16. The van der Waals surface area contributed by atoms with Gasteiger partial charge in [-0.25, -0.2) is 9.97 Å². The van der Waals surface area contributed by atoms with Crippen molar-refractivity contribution in [3.05, 3.63) is 93.6 Å². The van der Waals surface area contributed by atoms with Crippen LogP contribution in [0.15, 0.2) is 65.2 Å². The first-order chi connectivity index (χ1) is 16.5. The molecule has 0 aliphatic carbocycles. The molecule has 1 aliphatic heterocycles. The van der Waals surface area contributed by atoms with E-state index >= 15 is 0 Å². The monoisotopic (exact) mass is 494 g/mol. The molecule has 4 rings (SSSR count). The van der Waals surface area contributed by atoms with Gasteiger partial charge in [0.2, 0.25) is 5.95 Å². The fourth-order valence-corrected chi connectivity index (χ4v) is 4.06. The molecule has 8 heteroatoms. The van der Waals surface area contributed by atoms with Crippen LogP contribution in [0.25, 0.3) is 11.4 Å². The van der Waals surface area contributed by atoms with Crippen molar-refractivity contribution >= 4 is 17.3 Å². The van der Waals surface area contributed by atoms with Gasteiger partial charge in [-0.1, -0.05) is 23.7 Å². The van der Waals surface area contributed by atoms with Gasteiger partial charge < -0.3 is 14.7 Å². The minimum absolute atomic E-state index is 0.119. The molecule has 3 aromatic heterocycles. The van der Waals surface area contributed by atoms with E-state index in [9.17, 15) is 9.50 Å².